The van der Waals surface area contributed by atoms with Gasteiger partial charge in [0.15, 0.2) is 0 Å². The van der Waals surface area contributed by atoms with Gasteiger partial charge in [0.1, 0.15) is 0 Å². The van der Waals surface area contributed by atoms with Crippen LogP contribution in [-0.4, -0.2) is 63.5 Å². The summed E-state index contributed by atoms with van der Waals surface area (Å²) in [4.78, 5) is 2.54. The molecule has 0 aromatic rings. The van der Waals surface area contributed by atoms with E-state index >= 15 is 0 Å². The first kappa shape index (κ1) is 12.3. The number of nitrogens with zero attached hydrogens (tertiary/aromatic N) is 1. The molecule has 4 unspecified atom stereocenters. The van der Waals surface area contributed by atoms with Crippen molar-refractivity contribution in [3.05, 3.63) is 0 Å². The van der Waals surface area contributed by atoms with Crippen LogP contribution in [0.4, 0.5) is 0 Å². The van der Waals surface area contributed by atoms with Crippen LogP contribution in [0.15, 0.2) is 0 Å². The molecule has 0 aromatic carbocycles. The third kappa shape index (κ3) is 2.25. The van der Waals surface area contributed by atoms with Crippen LogP contribution >= 0.6 is 0 Å². The number of hydrogen-bond donors (Lipinski definition) is 1. The number of likely N-dealkylation sites (tertiary alicyclic amines) is 1. The maximum atomic E-state index is 5.49. The minimum absolute atomic E-state index is 0.239. The zero-order valence-electron chi connectivity index (χ0n) is 10.6. The predicted octanol–water partition coefficient (Wildman–Crippen LogP) is 0.330. The Bertz CT molecular complexity index is 213. The lowest BCUT2D eigenvalue weighted by molar-refractivity contribution is -0.00461. The Kier molecular flexibility index (Phi) is 4.19. The molecule has 4 heteroatoms. The van der Waals surface area contributed by atoms with Crippen LogP contribution in [0.1, 0.15) is 13.3 Å². The van der Waals surface area contributed by atoms with Crippen molar-refractivity contribution in [3.63, 3.8) is 0 Å². The summed E-state index contributed by atoms with van der Waals surface area (Å²) in [6.07, 6.45) is 1.73. The molecule has 2 fully saturated rings. The fourth-order valence-corrected chi connectivity index (χ4v) is 3.06. The molecule has 2 rings (SSSR count). The van der Waals surface area contributed by atoms with E-state index < -0.39 is 0 Å². The van der Waals surface area contributed by atoms with E-state index in [4.69, 9.17) is 9.47 Å². The van der Waals surface area contributed by atoms with Crippen LogP contribution < -0.4 is 5.32 Å². The third-order valence-electron chi connectivity index (χ3n) is 4.15. The number of ether oxygens (including phenoxy) is 2. The summed E-state index contributed by atoms with van der Waals surface area (Å²) in [5.41, 5.74) is 0. The van der Waals surface area contributed by atoms with Gasteiger partial charge in [-0.1, -0.05) is 13.3 Å². The summed E-state index contributed by atoms with van der Waals surface area (Å²) in [7, 11) is 3.56. The monoisotopic (exact) mass is 228 g/mol. The van der Waals surface area contributed by atoms with Crippen molar-refractivity contribution < 1.29 is 9.47 Å². The number of methoxy groups -OCH3 is 2. The highest BCUT2D eigenvalue weighted by atomic mass is 16.5. The van der Waals surface area contributed by atoms with Crippen molar-refractivity contribution in [2.24, 2.45) is 5.92 Å². The molecule has 2 aliphatic heterocycles. The number of hydrogen-bond acceptors (Lipinski definition) is 4. The summed E-state index contributed by atoms with van der Waals surface area (Å²) in [6, 6.07) is 0.669. The van der Waals surface area contributed by atoms with Gasteiger partial charge in [-0.05, 0) is 12.5 Å². The lowest BCUT2D eigenvalue weighted by Gasteiger charge is -2.27. The molecule has 2 aliphatic rings. The summed E-state index contributed by atoms with van der Waals surface area (Å²) in [6.45, 7) is 6.58. The molecule has 2 saturated heterocycles. The second-order valence-corrected chi connectivity index (χ2v) is 4.90. The van der Waals surface area contributed by atoms with Gasteiger partial charge >= 0.3 is 0 Å². The standard InChI is InChI=1S/C12H24N2O2/c1-4-9-5-13-6-10(9)14-7-11(15-2)12(8-14)16-3/h9-13H,4-8H2,1-3H3. The van der Waals surface area contributed by atoms with Gasteiger partial charge in [-0.3, -0.25) is 4.90 Å². The number of nitrogens with one attached hydrogen (secondary N) is 1. The molecule has 16 heavy (non-hydrogen) atoms. The molecule has 94 valence electrons. The molecule has 4 nitrogen and oxygen atoms in total. The Hall–Kier alpha value is -0.160. The lowest BCUT2D eigenvalue weighted by atomic mass is 10.00. The summed E-state index contributed by atoms with van der Waals surface area (Å²) in [5.74, 6) is 0.785. The maximum Gasteiger partial charge on any atom is 0.0971 e. The maximum absolute atomic E-state index is 5.49. The minimum atomic E-state index is 0.239. The average molecular weight is 228 g/mol. The van der Waals surface area contributed by atoms with E-state index in [0.717, 1.165) is 32.1 Å². The fourth-order valence-electron chi connectivity index (χ4n) is 3.06. The van der Waals surface area contributed by atoms with Crippen molar-refractivity contribution in [1.29, 1.82) is 0 Å². The molecule has 1 N–H and O–H groups in total. The summed E-state index contributed by atoms with van der Waals surface area (Å²) >= 11 is 0. The highest BCUT2D eigenvalue weighted by molar-refractivity contribution is 4.95. The molecule has 2 heterocycles. The SMILES string of the molecule is CCC1CNCC1N1CC(OC)C(OC)C1. The van der Waals surface area contributed by atoms with Gasteiger partial charge in [0.2, 0.25) is 0 Å². The first-order valence-electron chi connectivity index (χ1n) is 6.30. The van der Waals surface area contributed by atoms with Gasteiger partial charge in [0.05, 0.1) is 12.2 Å². The molecule has 0 aliphatic carbocycles. The molecule has 0 bridgehead atoms. The van der Waals surface area contributed by atoms with Crippen molar-refractivity contribution in [1.82, 2.24) is 10.2 Å². The van der Waals surface area contributed by atoms with Crippen LogP contribution in [-0.2, 0) is 9.47 Å². The Balaban J connectivity index is 1.96. The Morgan fingerprint density at radius 1 is 1.12 bits per heavy atom. The molecule has 0 saturated carbocycles. The minimum Gasteiger partial charge on any atom is -0.377 e. The lowest BCUT2D eigenvalue weighted by Crippen LogP contribution is -2.40. The molecule has 0 aromatic heterocycles. The van der Waals surface area contributed by atoms with Crippen molar-refractivity contribution >= 4 is 0 Å². The second-order valence-electron chi connectivity index (χ2n) is 4.90. The van der Waals surface area contributed by atoms with Crippen LogP contribution in [0.25, 0.3) is 0 Å². The van der Waals surface area contributed by atoms with Crippen LogP contribution in [0.5, 0.6) is 0 Å². The van der Waals surface area contributed by atoms with E-state index in [9.17, 15) is 0 Å². The molecular weight excluding hydrogens is 204 g/mol. The highest BCUT2D eigenvalue weighted by Gasteiger charge is 2.40. The third-order valence-corrected chi connectivity index (χ3v) is 4.15. The van der Waals surface area contributed by atoms with Gasteiger partial charge in [0, 0.05) is 39.9 Å². The fraction of sp³-hybridized carbons (Fsp3) is 1.00. The van der Waals surface area contributed by atoms with E-state index in [1.807, 2.05) is 0 Å². The zero-order valence-corrected chi connectivity index (χ0v) is 10.6. The number of rotatable bonds is 4. The Morgan fingerprint density at radius 2 is 1.75 bits per heavy atom. The van der Waals surface area contributed by atoms with Gasteiger partial charge in [-0.2, -0.15) is 0 Å². The van der Waals surface area contributed by atoms with Crippen molar-refractivity contribution in [2.75, 3.05) is 40.4 Å². The zero-order chi connectivity index (χ0) is 11.5. The molecular formula is C12H24N2O2. The van der Waals surface area contributed by atoms with Gasteiger partial charge < -0.3 is 14.8 Å². The predicted molar refractivity (Wildman–Crippen MR) is 63.6 cm³/mol. The highest BCUT2D eigenvalue weighted by Crippen LogP contribution is 2.25. The largest absolute Gasteiger partial charge is 0.377 e. The van der Waals surface area contributed by atoms with E-state index in [0.29, 0.717) is 6.04 Å². The molecule has 4 atom stereocenters. The van der Waals surface area contributed by atoms with E-state index in [-0.39, 0.29) is 12.2 Å². The second kappa shape index (κ2) is 5.45. The Morgan fingerprint density at radius 3 is 2.25 bits per heavy atom. The molecule has 0 radical (unpaired) electrons. The normalized spacial score (nSPS) is 40.7. The van der Waals surface area contributed by atoms with E-state index in [1.165, 1.54) is 6.42 Å². The van der Waals surface area contributed by atoms with Crippen LogP contribution in [0, 0.1) is 5.92 Å². The summed E-state index contributed by atoms with van der Waals surface area (Å²) < 4.78 is 11.0. The molecule has 0 amide bonds. The molecule has 0 spiro atoms. The topological polar surface area (TPSA) is 33.7 Å². The quantitative estimate of drug-likeness (QED) is 0.752. The summed E-state index contributed by atoms with van der Waals surface area (Å²) in [5, 5.41) is 3.49. The van der Waals surface area contributed by atoms with E-state index in [2.05, 4.69) is 17.1 Å². The first-order valence-corrected chi connectivity index (χ1v) is 6.30. The van der Waals surface area contributed by atoms with Crippen LogP contribution in [0.2, 0.25) is 0 Å². The first-order chi connectivity index (χ1) is 7.80. The van der Waals surface area contributed by atoms with Gasteiger partial charge in [-0.15, -0.1) is 0 Å². The van der Waals surface area contributed by atoms with Crippen molar-refractivity contribution in [2.45, 2.75) is 31.6 Å². The van der Waals surface area contributed by atoms with Gasteiger partial charge in [0.25, 0.3) is 0 Å². The average Bonchev–Trinajstić information content (AvgIpc) is 2.93. The van der Waals surface area contributed by atoms with Crippen molar-refractivity contribution in [3.8, 4) is 0 Å². The smallest absolute Gasteiger partial charge is 0.0971 e. The van der Waals surface area contributed by atoms with Gasteiger partial charge in [-0.25, -0.2) is 0 Å². The Labute approximate surface area is 98.3 Å². The van der Waals surface area contributed by atoms with E-state index in [1.54, 1.807) is 14.2 Å². The van der Waals surface area contributed by atoms with Crippen LogP contribution in [0.3, 0.4) is 0 Å².